The first-order valence-corrected chi connectivity index (χ1v) is 7.03. The lowest BCUT2D eigenvalue weighted by Gasteiger charge is -2.24. The highest BCUT2D eigenvalue weighted by atomic mass is 32.2. The van der Waals surface area contributed by atoms with Crippen LogP contribution in [0.4, 0.5) is 0 Å². The van der Waals surface area contributed by atoms with Crippen molar-refractivity contribution in [2.75, 3.05) is 26.3 Å². The van der Waals surface area contributed by atoms with E-state index in [0.717, 1.165) is 25.8 Å². The van der Waals surface area contributed by atoms with Crippen molar-refractivity contribution in [2.45, 2.75) is 30.6 Å². The fraction of sp³-hybridized carbons (Fsp3) is 1.00. The van der Waals surface area contributed by atoms with Crippen molar-refractivity contribution in [2.24, 2.45) is 0 Å². The molecule has 2 fully saturated rings. The standard InChI is InChI=1S/C9H18N2O3S/c12-15(13,9-1-4-10-7-9)11-8-2-5-14-6-3-8/h8-11H,1-7H2. The highest BCUT2D eigenvalue weighted by Gasteiger charge is 2.30. The molecule has 6 heteroatoms. The van der Waals surface area contributed by atoms with E-state index in [9.17, 15) is 8.42 Å². The van der Waals surface area contributed by atoms with Crippen molar-refractivity contribution in [1.82, 2.24) is 10.0 Å². The van der Waals surface area contributed by atoms with Crippen LogP contribution >= 0.6 is 0 Å². The zero-order valence-electron chi connectivity index (χ0n) is 8.74. The average molecular weight is 234 g/mol. The van der Waals surface area contributed by atoms with Crippen LogP contribution in [0.3, 0.4) is 0 Å². The quantitative estimate of drug-likeness (QED) is 0.687. The first-order chi connectivity index (χ1) is 7.18. The van der Waals surface area contributed by atoms with Gasteiger partial charge in [0.2, 0.25) is 10.0 Å². The molecule has 0 aromatic rings. The molecule has 0 saturated carbocycles. The Morgan fingerprint density at radius 1 is 1.20 bits per heavy atom. The maximum Gasteiger partial charge on any atom is 0.216 e. The monoisotopic (exact) mass is 234 g/mol. The van der Waals surface area contributed by atoms with Gasteiger partial charge >= 0.3 is 0 Å². The van der Waals surface area contributed by atoms with Gasteiger partial charge in [-0.05, 0) is 25.8 Å². The Hall–Kier alpha value is -0.170. The summed E-state index contributed by atoms with van der Waals surface area (Å²) in [6, 6.07) is 0.0735. The van der Waals surface area contributed by atoms with Crippen LogP contribution < -0.4 is 10.0 Å². The topological polar surface area (TPSA) is 67.4 Å². The second kappa shape index (κ2) is 4.78. The van der Waals surface area contributed by atoms with Crippen LogP contribution in [0, 0.1) is 0 Å². The second-order valence-corrected chi connectivity index (χ2v) is 6.16. The Kier molecular flexibility index (Phi) is 3.60. The molecule has 0 spiro atoms. The van der Waals surface area contributed by atoms with Gasteiger partial charge in [-0.3, -0.25) is 0 Å². The van der Waals surface area contributed by atoms with Crippen LogP contribution in [0.1, 0.15) is 19.3 Å². The number of hydrogen-bond donors (Lipinski definition) is 2. The molecule has 2 saturated heterocycles. The van der Waals surface area contributed by atoms with Crippen molar-refractivity contribution >= 4 is 10.0 Å². The molecule has 0 aromatic carbocycles. The Balaban J connectivity index is 1.90. The highest BCUT2D eigenvalue weighted by Crippen LogP contribution is 2.13. The fourth-order valence-electron chi connectivity index (χ4n) is 2.04. The maximum atomic E-state index is 11.9. The summed E-state index contributed by atoms with van der Waals surface area (Å²) < 4.78 is 31.8. The smallest absolute Gasteiger partial charge is 0.216 e. The second-order valence-electron chi connectivity index (χ2n) is 4.16. The van der Waals surface area contributed by atoms with Crippen molar-refractivity contribution in [3.05, 3.63) is 0 Å². The van der Waals surface area contributed by atoms with Gasteiger partial charge < -0.3 is 10.1 Å². The van der Waals surface area contributed by atoms with Gasteiger partial charge in [0, 0.05) is 25.8 Å². The van der Waals surface area contributed by atoms with Gasteiger partial charge in [0.1, 0.15) is 0 Å². The third-order valence-electron chi connectivity index (χ3n) is 3.01. The van der Waals surface area contributed by atoms with Gasteiger partial charge in [0.25, 0.3) is 0 Å². The van der Waals surface area contributed by atoms with Gasteiger partial charge in [-0.15, -0.1) is 0 Å². The van der Waals surface area contributed by atoms with E-state index in [1.807, 2.05) is 0 Å². The summed E-state index contributed by atoms with van der Waals surface area (Å²) in [7, 11) is -3.13. The maximum absolute atomic E-state index is 11.9. The Labute approximate surface area is 90.6 Å². The first-order valence-electron chi connectivity index (χ1n) is 5.48. The molecule has 2 N–H and O–H groups in total. The Morgan fingerprint density at radius 2 is 1.93 bits per heavy atom. The van der Waals surface area contributed by atoms with E-state index in [1.165, 1.54) is 0 Å². The van der Waals surface area contributed by atoms with E-state index in [0.29, 0.717) is 19.8 Å². The summed E-state index contributed by atoms with van der Waals surface area (Å²) in [4.78, 5) is 0. The molecule has 2 aliphatic rings. The SMILES string of the molecule is O=S(=O)(NC1CCOCC1)C1CCNC1. The summed E-state index contributed by atoms with van der Waals surface area (Å²) in [6.07, 6.45) is 2.30. The molecule has 2 aliphatic heterocycles. The van der Waals surface area contributed by atoms with Crippen molar-refractivity contribution < 1.29 is 13.2 Å². The van der Waals surface area contributed by atoms with Gasteiger partial charge in [-0.2, -0.15) is 0 Å². The van der Waals surface area contributed by atoms with Crippen LogP contribution in [0.2, 0.25) is 0 Å². The predicted molar refractivity (Wildman–Crippen MR) is 57.2 cm³/mol. The van der Waals surface area contributed by atoms with Crippen LogP contribution in [-0.2, 0) is 14.8 Å². The van der Waals surface area contributed by atoms with E-state index >= 15 is 0 Å². The number of nitrogens with one attached hydrogen (secondary N) is 2. The van der Waals surface area contributed by atoms with E-state index < -0.39 is 10.0 Å². The van der Waals surface area contributed by atoms with Crippen molar-refractivity contribution in [3.8, 4) is 0 Å². The zero-order chi connectivity index (χ0) is 10.7. The molecular weight excluding hydrogens is 216 g/mol. The minimum atomic E-state index is -3.13. The van der Waals surface area contributed by atoms with Crippen LogP contribution in [-0.4, -0.2) is 46.0 Å². The minimum absolute atomic E-state index is 0.0735. The Morgan fingerprint density at radius 3 is 2.53 bits per heavy atom. The van der Waals surface area contributed by atoms with Crippen LogP contribution in [0.5, 0.6) is 0 Å². The molecule has 0 aromatic heterocycles. The summed E-state index contributed by atoms with van der Waals surface area (Å²) in [6.45, 7) is 2.71. The number of rotatable bonds is 3. The van der Waals surface area contributed by atoms with E-state index in [2.05, 4.69) is 10.0 Å². The molecule has 1 unspecified atom stereocenters. The lowest BCUT2D eigenvalue weighted by molar-refractivity contribution is 0.0831. The van der Waals surface area contributed by atoms with Gasteiger partial charge in [-0.1, -0.05) is 0 Å². The molecule has 2 heterocycles. The summed E-state index contributed by atoms with van der Waals surface area (Å²) in [5.41, 5.74) is 0. The lowest BCUT2D eigenvalue weighted by Crippen LogP contribution is -2.44. The molecule has 0 bridgehead atoms. The molecule has 0 aliphatic carbocycles. The molecule has 88 valence electrons. The van der Waals surface area contributed by atoms with Crippen LogP contribution in [0.25, 0.3) is 0 Å². The number of hydrogen-bond acceptors (Lipinski definition) is 4. The minimum Gasteiger partial charge on any atom is -0.381 e. The summed E-state index contributed by atoms with van der Waals surface area (Å²) >= 11 is 0. The number of ether oxygens (including phenoxy) is 1. The van der Waals surface area contributed by atoms with E-state index in [4.69, 9.17) is 4.74 Å². The van der Waals surface area contributed by atoms with E-state index in [1.54, 1.807) is 0 Å². The molecule has 0 amide bonds. The van der Waals surface area contributed by atoms with Crippen molar-refractivity contribution in [1.29, 1.82) is 0 Å². The van der Waals surface area contributed by atoms with Gasteiger partial charge in [0.15, 0.2) is 0 Å². The largest absolute Gasteiger partial charge is 0.381 e. The van der Waals surface area contributed by atoms with Crippen LogP contribution in [0.15, 0.2) is 0 Å². The van der Waals surface area contributed by atoms with Gasteiger partial charge in [-0.25, -0.2) is 13.1 Å². The average Bonchev–Trinajstić information content (AvgIpc) is 2.71. The lowest BCUT2D eigenvalue weighted by atomic mass is 10.1. The zero-order valence-corrected chi connectivity index (χ0v) is 9.55. The molecule has 2 rings (SSSR count). The Bertz CT molecular complexity index is 292. The first kappa shape index (κ1) is 11.3. The highest BCUT2D eigenvalue weighted by molar-refractivity contribution is 7.90. The fourth-order valence-corrected chi connectivity index (χ4v) is 3.70. The molecule has 0 radical (unpaired) electrons. The van der Waals surface area contributed by atoms with E-state index in [-0.39, 0.29) is 11.3 Å². The normalized spacial score (nSPS) is 29.5. The van der Waals surface area contributed by atoms with Gasteiger partial charge in [0.05, 0.1) is 5.25 Å². The summed E-state index contributed by atoms with van der Waals surface area (Å²) in [5, 5.41) is 2.82. The molecule has 1 atom stereocenters. The third kappa shape index (κ3) is 2.90. The predicted octanol–water partition coefficient (Wildman–Crippen LogP) is -0.553. The number of sulfonamides is 1. The molecule has 5 nitrogen and oxygen atoms in total. The third-order valence-corrected chi connectivity index (χ3v) is 4.95. The van der Waals surface area contributed by atoms with Crippen molar-refractivity contribution in [3.63, 3.8) is 0 Å². The molecular formula is C9H18N2O3S. The summed E-state index contributed by atoms with van der Waals surface area (Å²) in [5.74, 6) is 0. The molecule has 15 heavy (non-hydrogen) atoms.